The molecule has 1 saturated carbocycles. The molecule has 1 aliphatic carbocycles. The van der Waals surface area contributed by atoms with Crippen molar-refractivity contribution in [2.24, 2.45) is 5.41 Å². The highest BCUT2D eigenvalue weighted by molar-refractivity contribution is 5.84. The third-order valence-corrected chi connectivity index (χ3v) is 5.96. The molecule has 1 unspecified atom stereocenters. The van der Waals surface area contributed by atoms with Gasteiger partial charge < -0.3 is 14.4 Å². The van der Waals surface area contributed by atoms with Crippen LogP contribution in [0.4, 0.5) is 0 Å². The molecule has 0 N–H and O–H groups in total. The van der Waals surface area contributed by atoms with Crippen molar-refractivity contribution in [2.75, 3.05) is 19.7 Å². The Hall–Kier alpha value is -1.39. The van der Waals surface area contributed by atoms with Gasteiger partial charge in [-0.15, -0.1) is 0 Å². The van der Waals surface area contributed by atoms with Gasteiger partial charge in [0.15, 0.2) is 5.79 Å². The minimum Gasteiger partial charge on any atom is -0.347 e. The highest BCUT2D eigenvalue weighted by atomic mass is 16.7. The number of nitrogens with zero attached hydrogens (tertiary/aromatic N) is 1. The largest absolute Gasteiger partial charge is 0.347 e. The van der Waals surface area contributed by atoms with E-state index in [0.717, 1.165) is 45.2 Å². The first-order chi connectivity index (χ1) is 11.6. The Morgan fingerprint density at radius 1 is 1.17 bits per heavy atom. The van der Waals surface area contributed by atoms with Gasteiger partial charge in [0.25, 0.3) is 0 Å². The third kappa shape index (κ3) is 2.86. The molecule has 1 aromatic carbocycles. The number of hydrogen-bond acceptors (Lipinski definition) is 3. The van der Waals surface area contributed by atoms with Crippen LogP contribution in [0, 0.1) is 5.41 Å². The van der Waals surface area contributed by atoms with E-state index in [9.17, 15) is 4.79 Å². The van der Waals surface area contributed by atoms with Crippen molar-refractivity contribution in [3.8, 4) is 0 Å². The fraction of sp³-hybridized carbons (Fsp3) is 0.650. The molecule has 2 aliphatic heterocycles. The molecule has 24 heavy (non-hydrogen) atoms. The van der Waals surface area contributed by atoms with Crippen molar-refractivity contribution in [3.63, 3.8) is 0 Å². The highest BCUT2D eigenvalue weighted by Crippen LogP contribution is 2.46. The van der Waals surface area contributed by atoms with E-state index in [-0.39, 0.29) is 11.5 Å². The molecule has 1 spiro atoms. The number of ether oxygens (including phenoxy) is 2. The van der Waals surface area contributed by atoms with E-state index in [1.54, 1.807) is 0 Å². The Morgan fingerprint density at radius 2 is 1.88 bits per heavy atom. The van der Waals surface area contributed by atoms with Crippen LogP contribution in [-0.2, 0) is 20.7 Å². The van der Waals surface area contributed by atoms with Crippen LogP contribution in [0.25, 0.3) is 0 Å². The van der Waals surface area contributed by atoms with Gasteiger partial charge in [0, 0.05) is 25.9 Å². The minimum absolute atomic E-state index is 0.170. The summed E-state index contributed by atoms with van der Waals surface area (Å²) in [5.74, 6) is -0.0823. The Labute approximate surface area is 144 Å². The van der Waals surface area contributed by atoms with Gasteiger partial charge in [0.1, 0.15) is 0 Å². The van der Waals surface area contributed by atoms with E-state index >= 15 is 0 Å². The predicted octanol–water partition coefficient (Wildman–Crippen LogP) is 3.15. The van der Waals surface area contributed by atoms with Crippen molar-refractivity contribution in [1.29, 1.82) is 0 Å². The molecule has 130 valence electrons. The molecule has 0 radical (unpaired) electrons. The minimum atomic E-state index is -0.428. The summed E-state index contributed by atoms with van der Waals surface area (Å²) in [6.07, 6.45) is 5.84. The van der Waals surface area contributed by atoms with E-state index in [1.165, 1.54) is 12.0 Å². The summed E-state index contributed by atoms with van der Waals surface area (Å²) in [5, 5.41) is 0. The zero-order valence-electron chi connectivity index (χ0n) is 14.5. The summed E-state index contributed by atoms with van der Waals surface area (Å²) in [7, 11) is 0. The first kappa shape index (κ1) is 16.1. The molecule has 0 bridgehead atoms. The monoisotopic (exact) mass is 329 g/mol. The van der Waals surface area contributed by atoms with Crippen molar-refractivity contribution in [2.45, 2.75) is 57.3 Å². The van der Waals surface area contributed by atoms with Gasteiger partial charge in [-0.25, -0.2) is 0 Å². The highest BCUT2D eigenvalue weighted by Gasteiger charge is 2.49. The average molecular weight is 329 g/mol. The standard InChI is InChI=1S/C20H27NO3/c1-16-15-23-20(24-16)10-12-21(13-11-20)18(22)19(8-5-9-19)14-17-6-3-2-4-7-17/h2-4,6-7,16H,5,8-15H2,1H3. The lowest BCUT2D eigenvalue weighted by Gasteiger charge is -2.46. The molecule has 4 rings (SSSR count). The van der Waals surface area contributed by atoms with Gasteiger partial charge >= 0.3 is 0 Å². The van der Waals surface area contributed by atoms with Gasteiger partial charge in [0.2, 0.25) is 5.91 Å². The molecule has 1 aromatic rings. The first-order valence-electron chi connectivity index (χ1n) is 9.26. The summed E-state index contributed by atoms with van der Waals surface area (Å²) in [6, 6.07) is 10.4. The van der Waals surface area contributed by atoms with Crippen LogP contribution in [0.2, 0.25) is 0 Å². The molecule has 4 heteroatoms. The third-order valence-electron chi connectivity index (χ3n) is 5.96. The number of likely N-dealkylation sites (tertiary alicyclic amines) is 1. The number of amides is 1. The van der Waals surface area contributed by atoms with Crippen LogP contribution in [0.15, 0.2) is 30.3 Å². The summed E-state index contributed by atoms with van der Waals surface area (Å²) < 4.78 is 11.9. The topological polar surface area (TPSA) is 38.8 Å². The summed E-state index contributed by atoms with van der Waals surface area (Å²) >= 11 is 0. The lowest BCUT2D eigenvalue weighted by molar-refractivity contribution is -0.197. The molecule has 3 fully saturated rings. The van der Waals surface area contributed by atoms with Crippen LogP contribution in [0.1, 0.15) is 44.6 Å². The Balaban J connectivity index is 1.41. The SMILES string of the molecule is CC1COC2(CCN(C(=O)C3(Cc4ccccc4)CCC3)CC2)O1. The number of carbonyl (C=O) groups excluding carboxylic acids is 1. The molecule has 3 aliphatic rings. The fourth-order valence-corrected chi connectivity index (χ4v) is 4.41. The Bertz CT molecular complexity index is 588. The van der Waals surface area contributed by atoms with Gasteiger partial charge in [-0.05, 0) is 31.7 Å². The fourth-order valence-electron chi connectivity index (χ4n) is 4.41. The van der Waals surface area contributed by atoms with Crippen LogP contribution in [0.5, 0.6) is 0 Å². The number of piperidine rings is 1. The van der Waals surface area contributed by atoms with E-state index in [0.29, 0.717) is 12.5 Å². The summed E-state index contributed by atoms with van der Waals surface area (Å²) in [5.41, 5.74) is 1.10. The van der Waals surface area contributed by atoms with Gasteiger partial charge in [-0.1, -0.05) is 36.8 Å². The van der Waals surface area contributed by atoms with E-state index in [1.807, 2.05) is 6.07 Å². The smallest absolute Gasteiger partial charge is 0.229 e. The molecule has 1 amide bonds. The molecule has 1 atom stereocenters. The van der Waals surface area contributed by atoms with Crippen LogP contribution >= 0.6 is 0 Å². The predicted molar refractivity (Wildman–Crippen MR) is 91.5 cm³/mol. The first-order valence-corrected chi connectivity index (χ1v) is 9.26. The van der Waals surface area contributed by atoms with Crippen LogP contribution in [-0.4, -0.2) is 42.4 Å². The zero-order chi connectivity index (χ0) is 16.6. The second-order valence-electron chi connectivity index (χ2n) is 7.74. The molecular formula is C20H27NO3. The molecular weight excluding hydrogens is 302 g/mol. The molecule has 4 nitrogen and oxygen atoms in total. The van der Waals surface area contributed by atoms with Crippen molar-refractivity contribution in [3.05, 3.63) is 35.9 Å². The van der Waals surface area contributed by atoms with E-state index < -0.39 is 5.79 Å². The lowest BCUT2D eigenvalue weighted by Crippen LogP contribution is -2.54. The van der Waals surface area contributed by atoms with E-state index in [4.69, 9.17) is 9.47 Å². The second kappa shape index (κ2) is 6.16. The van der Waals surface area contributed by atoms with Gasteiger partial charge in [0.05, 0.1) is 18.1 Å². The summed E-state index contributed by atoms with van der Waals surface area (Å²) in [4.78, 5) is 15.3. The van der Waals surface area contributed by atoms with Crippen LogP contribution in [0.3, 0.4) is 0 Å². The number of benzene rings is 1. The van der Waals surface area contributed by atoms with Crippen molar-refractivity contribution in [1.82, 2.24) is 4.90 Å². The van der Waals surface area contributed by atoms with Crippen molar-refractivity contribution < 1.29 is 14.3 Å². The normalized spacial score (nSPS) is 27.9. The average Bonchev–Trinajstić information content (AvgIpc) is 2.93. The molecule has 2 heterocycles. The summed E-state index contributed by atoms with van der Waals surface area (Å²) in [6.45, 7) is 4.23. The van der Waals surface area contributed by atoms with Gasteiger partial charge in [-0.2, -0.15) is 0 Å². The quantitative estimate of drug-likeness (QED) is 0.855. The lowest BCUT2D eigenvalue weighted by atomic mass is 9.64. The second-order valence-corrected chi connectivity index (χ2v) is 7.74. The number of carbonyl (C=O) groups is 1. The number of hydrogen-bond donors (Lipinski definition) is 0. The number of rotatable bonds is 3. The maximum atomic E-state index is 13.2. The van der Waals surface area contributed by atoms with Crippen molar-refractivity contribution >= 4 is 5.91 Å². The van der Waals surface area contributed by atoms with Gasteiger partial charge in [-0.3, -0.25) is 4.79 Å². The van der Waals surface area contributed by atoms with E-state index in [2.05, 4.69) is 36.1 Å². The maximum absolute atomic E-state index is 13.2. The molecule has 0 aromatic heterocycles. The van der Waals surface area contributed by atoms with Crippen LogP contribution < -0.4 is 0 Å². The zero-order valence-corrected chi connectivity index (χ0v) is 14.5. The Morgan fingerprint density at radius 3 is 2.42 bits per heavy atom. The Kier molecular flexibility index (Phi) is 4.13. The maximum Gasteiger partial charge on any atom is 0.229 e. The molecule has 2 saturated heterocycles.